The van der Waals surface area contributed by atoms with Crippen molar-refractivity contribution in [3.63, 3.8) is 0 Å². The molecule has 0 aromatic carbocycles. The van der Waals surface area contributed by atoms with Gasteiger partial charge in [-0.1, -0.05) is 0 Å². The molecule has 0 bridgehead atoms. The van der Waals surface area contributed by atoms with Crippen LogP contribution in [0.25, 0.3) is 0 Å². The number of nitrogens with zero attached hydrogens (tertiary/aromatic N) is 2. The van der Waals surface area contributed by atoms with Gasteiger partial charge in [-0.3, -0.25) is 9.69 Å². The van der Waals surface area contributed by atoms with Crippen molar-refractivity contribution >= 4 is 17.3 Å². The minimum Gasteiger partial charge on any atom is -0.481 e. The highest BCUT2D eigenvalue weighted by Crippen LogP contribution is 2.52. The van der Waals surface area contributed by atoms with Gasteiger partial charge in [0.15, 0.2) is 5.01 Å². The van der Waals surface area contributed by atoms with Crippen molar-refractivity contribution in [3.05, 3.63) is 16.1 Å². The number of halogens is 3. The number of hydrogen-bond donors (Lipinski definition) is 1. The summed E-state index contributed by atoms with van der Waals surface area (Å²) in [6.07, 6.45) is 0.293. The van der Waals surface area contributed by atoms with E-state index in [1.807, 2.05) is 0 Å². The van der Waals surface area contributed by atoms with Crippen LogP contribution in [-0.4, -0.2) is 34.0 Å². The average Bonchev–Trinajstić information content (AvgIpc) is 2.85. The molecule has 4 nitrogen and oxygen atoms in total. The highest BCUT2D eigenvalue weighted by Gasteiger charge is 2.48. The number of aromatic nitrogens is 1. The normalized spacial score (nSPS) is 22.7. The van der Waals surface area contributed by atoms with Crippen molar-refractivity contribution in [2.75, 3.05) is 13.1 Å². The van der Waals surface area contributed by atoms with Gasteiger partial charge in [-0.05, 0) is 44.2 Å². The third kappa shape index (κ3) is 3.12. The summed E-state index contributed by atoms with van der Waals surface area (Å²) in [5.74, 6) is -0.917. The number of likely N-dealkylation sites (tertiary alicyclic amines) is 1. The first-order valence-electron chi connectivity index (χ1n) is 7.25. The van der Waals surface area contributed by atoms with Gasteiger partial charge in [0.1, 0.15) is 0 Å². The monoisotopic (exact) mass is 334 g/mol. The zero-order chi connectivity index (χ0) is 16.0. The molecule has 8 heteroatoms. The van der Waals surface area contributed by atoms with E-state index < -0.39 is 17.2 Å². The van der Waals surface area contributed by atoms with Gasteiger partial charge in [-0.25, -0.2) is 4.98 Å². The zero-order valence-electron chi connectivity index (χ0n) is 11.9. The van der Waals surface area contributed by atoms with Crippen molar-refractivity contribution in [3.8, 4) is 0 Å². The maximum atomic E-state index is 12.5. The Kier molecular flexibility index (Phi) is 3.92. The fraction of sp³-hybridized carbons (Fsp3) is 0.714. The van der Waals surface area contributed by atoms with Gasteiger partial charge in [0.25, 0.3) is 0 Å². The van der Waals surface area contributed by atoms with Gasteiger partial charge in [-0.2, -0.15) is 13.2 Å². The lowest BCUT2D eigenvalue weighted by Crippen LogP contribution is -2.48. The van der Waals surface area contributed by atoms with Crippen molar-refractivity contribution < 1.29 is 23.1 Å². The second kappa shape index (κ2) is 5.49. The molecule has 1 saturated heterocycles. The number of hydrogen-bond acceptors (Lipinski definition) is 4. The fourth-order valence-electron chi connectivity index (χ4n) is 3.49. The Bertz CT molecular complexity index is 557. The van der Waals surface area contributed by atoms with Crippen molar-refractivity contribution in [2.45, 2.75) is 38.4 Å². The van der Waals surface area contributed by atoms with E-state index in [9.17, 15) is 18.0 Å². The summed E-state index contributed by atoms with van der Waals surface area (Å²) in [4.78, 5) is 17.1. The van der Waals surface area contributed by atoms with Crippen LogP contribution in [-0.2, 0) is 17.5 Å². The largest absolute Gasteiger partial charge is 0.481 e. The van der Waals surface area contributed by atoms with Gasteiger partial charge >= 0.3 is 12.1 Å². The first-order valence-corrected chi connectivity index (χ1v) is 8.06. The standard InChI is InChI=1S/C14H17F3N2O2S/c15-14(16,17)12-18-7-10(22-12)8-19-3-1-13(2-4-19)5-9(6-13)11(20)21/h7,9H,1-6,8H2,(H,20,21). The van der Waals surface area contributed by atoms with E-state index >= 15 is 0 Å². The summed E-state index contributed by atoms with van der Waals surface area (Å²) in [5, 5.41) is 8.16. The Hall–Kier alpha value is -1.15. The first kappa shape index (κ1) is 15.7. The molecule has 0 amide bonds. The average molecular weight is 334 g/mol. The second-order valence-electron chi connectivity index (χ2n) is 6.35. The van der Waals surface area contributed by atoms with Crippen LogP contribution in [0.3, 0.4) is 0 Å². The molecule has 1 N–H and O–H groups in total. The third-order valence-corrected chi connectivity index (χ3v) is 5.83. The van der Waals surface area contributed by atoms with E-state index in [2.05, 4.69) is 9.88 Å². The summed E-state index contributed by atoms with van der Waals surface area (Å²) in [5.41, 5.74) is 0.157. The van der Waals surface area contributed by atoms with E-state index in [1.54, 1.807) is 0 Å². The molecule has 2 fully saturated rings. The Morgan fingerprint density at radius 1 is 1.41 bits per heavy atom. The van der Waals surface area contributed by atoms with E-state index in [-0.39, 0.29) is 11.3 Å². The summed E-state index contributed by atoms with van der Waals surface area (Å²) < 4.78 is 37.6. The molecule has 0 unspecified atom stereocenters. The van der Waals surface area contributed by atoms with E-state index in [0.717, 1.165) is 38.8 Å². The molecule has 122 valence electrons. The zero-order valence-corrected chi connectivity index (χ0v) is 12.7. The maximum absolute atomic E-state index is 12.5. The molecule has 1 saturated carbocycles. The molecule has 0 radical (unpaired) electrons. The topological polar surface area (TPSA) is 53.4 Å². The van der Waals surface area contributed by atoms with Gasteiger partial charge in [0.2, 0.25) is 0 Å². The number of piperidine rings is 1. The Morgan fingerprint density at radius 2 is 2.05 bits per heavy atom. The number of carboxylic acids is 1. The minimum absolute atomic E-state index is 0.157. The predicted molar refractivity (Wildman–Crippen MR) is 74.4 cm³/mol. The molecular formula is C14H17F3N2O2S. The van der Waals surface area contributed by atoms with Gasteiger partial charge in [0, 0.05) is 17.6 Å². The van der Waals surface area contributed by atoms with Crippen LogP contribution in [0.5, 0.6) is 0 Å². The van der Waals surface area contributed by atoms with Gasteiger partial charge < -0.3 is 5.11 Å². The van der Waals surface area contributed by atoms with Crippen molar-refractivity contribution in [2.24, 2.45) is 11.3 Å². The van der Waals surface area contributed by atoms with Crippen LogP contribution < -0.4 is 0 Å². The highest BCUT2D eigenvalue weighted by atomic mass is 32.1. The van der Waals surface area contributed by atoms with Gasteiger partial charge in [0.05, 0.1) is 5.92 Å². The van der Waals surface area contributed by atoms with Gasteiger partial charge in [-0.15, -0.1) is 11.3 Å². The summed E-state index contributed by atoms with van der Waals surface area (Å²) >= 11 is 0.702. The van der Waals surface area contributed by atoms with Crippen LogP contribution in [0, 0.1) is 11.3 Å². The Morgan fingerprint density at radius 3 is 2.55 bits per heavy atom. The number of rotatable bonds is 3. The van der Waals surface area contributed by atoms with Crippen LogP contribution >= 0.6 is 11.3 Å². The molecule has 1 aromatic rings. The number of aliphatic carboxylic acids is 1. The minimum atomic E-state index is -4.37. The molecule has 0 atom stereocenters. The number of thiazole rings is 1. The highest BCUT2D eigenvalue weighted by molar-refractivity contribution is 7.11. The molecule has 22 heavy (non-hydrogen) atoms. The van der Waals surface area contributed by atoms with Crippen molar-refractivity contribution in [1.82, 2.24) is 9.88 Å². The van der Waals surface area contributed by atoms with Crippen molar-refractivity contribution in [1.29, 1.82) is 0 Å². The summed E-state index contributed by atoms with van der Waals surface area (Å²) in [6, 6.07) is 0. The van der Waals surface area contributed by atoms with E-state index in [1.165, 1.54) is 6.20 Å². The number of alkyl halides is 3. The SMILES string of the molecule is O=C(O)C1CC2(CCN(Cc3cnc(C(F)(F)F)s3)CC2)C1. The van der Waals surface area contributed by atoms with Crippen LogP contribution in [0.15, 0.2) is 6.20 Å². The molecule has 2 heterocycles. The first-order chi connectivity index (χ1) is 10.3. The molecule has 1 aromatic heterocycles. The predicted octanol–water partition coefficient (Wildman–Crippen LogP) is 3.24. The van der Waals surface area contributed by atoms with E-state index in [0.29, 0.717) is 22.8 Å². The second-order valence-corrected chi connectivity index (χ2v) is 7.46. The Balaban J connectivity index is 1.51. The third-order valence-electron chi connectivity index (χ3n) is 4.80. The number of carboxylic acid groups (broad SMARTS) is 1. The lowest BCUT2D eigenvalue weighted by atomic mass is 9.57. The van der Waals surface area contributed by atoms with Crippen LogP contribution in [0.1, 0.15) is 35.6 Å². The maximum Gasteiger partial charge on any atom is 0.443 e. The molecular weight excluding hydrogens is 317 g/mol. The molecule has 3 rings (SSSR count). The smallest absolute Gasteiger partial charge is 0.443 e. The fourth-order valence-corrected chi connectivity index (χ4v) is 4.31. The summed E-state index contributed by atoms with van der Waals surface area (Å²) in [6.45, 7) is 2.11. The van der Waals surface area contributed by atoms with Crippen LogP contribution in [0.2, 0.25) is 0 Å². The summed E-state index contributed by atoms with van der Waals surface area (Å²) in [7, 11) is 0. The molecule has 1 aliphatic heterocycles. The molecule has 1 aliphatic carbocycles. The quantitative estimate of drug-likeness (QED) is 0.922. The molecule has 1 spiro atoms. The van der Waals surface area contributed by atoms with E-state index in [4.69, 9.17) is 5.11 Å². The molecule has 2 aliphatic rings. The van der Waals surface area contributed by atoms with Crippen LogP contribution in [0.4, 0.5) is 13.2 Å². The number of carbonyl (C=O) groups is 1. The lowest BCUT2D eigenvalue weighted by molar-refractivity contribution is -0.152. The Labute approximate surface area is 130 Å². The lowest BCUT2D eigenvalue weighted by Gasteiger charge is -2.50.